The molecule has 0 N–H and O–H groups in total. The van der Waals surface area contributed by atoms with E-state index in [1.807, 2.05) is 61.1 Å². The van der Waals surface area contributed by atoms with Crippen molar-refractivity contribution in [2.24, 2.45) is 4.99 Å². The molecule has 4 aromatic rings. The van der Waals surface area contributed by atoms with E-state index in [0.717, 1.165) is 51.9 Å². The van der Waals surface area contributed by atoms with Gasteiger partial charge >= 0.3 is 0 Å². The van der Waals surface area contributed by atoms with Crippen LogP contribution in [0.4, 0.5) is 0 Å². The summed E-state index contributed by atoms with van der Waals surface area (Å²) in [5.41, 5.74) is 4.85. The Hall–Kier alpha value is -3.60. The van der Waals surface area contributed by atoms with Crippen LogP contribution in [-0.2, 0) is 6.54 Å². The van der Waals surface area contributed by atoms with E-state index < -0.39 is 0 Å². The molecule has 5 heteroatoms. The molecular weight excluding hydrogens is 348 g/mol. The Morgan fingerprint density at radius 3 is 2.71 bits per heavy atom. The van der Waals surface area contributed by atoms with Crippen molar-refractivity contribution >= 4 is 10.9 Å². The highest BCUT2D eigenvalue weighted by atomic mass is 16.1. The van der Waals surface area contributed by atoms with E-state index in [2.05, 4.69) is 22.2 Å². The molecule has 0 atom stereocenters. The van der Waals surface area contributed by atoms with Crippen LogP contribution in [0.3, 0.4) is 0 Å². The van der Waals surface area contributed by atoms with Gasteiger partial charge < -0.3 is 4.57 Å². The summed E-state index contributed by atoms with van der Waals surface area (Å²) >= 11 is 0. The van der Waals surface area contributed by atoms with Crippen molar-refractivity contribution in [3.05, 3.63) is 100 Å². The Labute approximate surface area is 161 Å². The average molecular weight is 367 g/mol. The van der Waals surface area contributed by atoms with E-state index in [0.29, 0.717) is 0 Å². The number of hydrogen-bond acceptors (Lipinski definition) is 3. The first-order chi connectivity index (χ1) is 13.7. The number of hydrogen-bond donors (Lipinski definition) is 0. The second-order valence-corrected chi connectivity index (χ2v) is 6.90. The molecule has 0 bridgehead atoms. The van der Waals surface area contributed by atoms with Crippen LogP contribution in [0, 0.1) is 5.84 Å². The highest BCUT2D eigenvalue weighted by Crippen LogP contribution is 2.21. The number of pyridine rings is 3. The predicted octanol–water partition coefficient (Wildman–Crippen LogP) is 2.78. The van der Waals surface area contributed by atoms with Gasteiger partial charge in [-0.15, -0.1) is 0 Å². The first-order valence-corrected chi connectivity index (χ1v) is 9.44. The van der Waals surface area contributed by atoms with Gasteiger partial charge in [0.25, 0.3) is 16.9 Å². The molecule has 0 radical (unpaired) electrons. The monoisotopic (exact) mass is 367 g/mol. The van der Waals surface area contributed by atoms with Crippen LogP contribution < -0.4 is 15.3 Å². The Balaban J connectivity index is 1.58. The fraction of sp³-hybridized carbons (Fsp3) is 0.130. The van der Waals surface area contributed by atoms with Crippen molar-refractivity contribution in [1.29, 1.82) is 0 Å². The maximum atomic E-state index is 12.3. The molecule has 1 aliphatic heterocycles. The van der Waals surface area contributed by atoms with Crippen LogP contribution in [0.5, 0.6) is 0 Å². The Bertz CT molecular complexity index is 1400. The van der Waals surface area contributed by atoms with E-state index >= 15 is 0 Å². The van der Waals surface area contributed by atoms with E-state index in [-0.39, 0.29) is 5.56 Å². The number of benzene rings is 1. The van der Waals surface area contributed by atoms with Crippen LogP contribution in [0.1, 0.15) is 18.9 Å². The number of fused-ring (bicyclic) bond motifs is 2. The van der Waals surface area contributed by atoms with Gasteiger partial charge in [0.05, 0.1) is 17.3 Å². The predicted molar refractivity (Wildman–Crippen MR) is 107 cm³/mol. The van der Waals surface area contributed by atoms with Crippen molar-refractivity contribution in [3.63, 3.8) is 0 Å². The maximum absolute atomic E-state index is 12.3. The van der Waals surface area contributed by atoms with Gasteiger partial charge in [-0.2, -0.15) is 4.24 Å². The molecule has 3 aromatic heterocycles. The van der Waals surface area contributed by atoms with Crippen LogP contribution >= 0.6 is 0 Å². The summed E-state index contributed by atoms with van der Waals surface area (Å²) < 4.78 is 3.81. The summed E-state index contributed by atoms with van der Waals surface area (Å²) in [5.74, 6) is 0.915. The third kappa shape index (κ3) is 2.63. The number of aryl methyl sites for hydroxylation is 1. The van der Waals surface area contributed by atoms with Gasteiger partial charge in [0.2, 0.25) is 0 Å². The van der Waals surface area contributed by atoms with E-state index in [4.69, 9.17) is 4.99 Å². The van der Waals surface area contributed by atoms with Gasteiger partial charge in [0.1, 0.15) is 0 Å². The van der Waals surface area contributed by atoms with Crippen LogP contribution in [0.15, 0.2) is 83.0 Å². The smallest absolute Gasteiger partial charge is 0.279 e. The van der Waals surface area contributed by atoms with Crippen molar-refractivity contribution in [2.45, 2.75) is 19.9 Å². The molecule has 0 spiro atoms. The van der Waals surface area contributed by atoms with Crippen LogP contribution in [-0.4, -0.2) is 9.55 Å². The lowest BCUT2D eigenvalue weighted by molar-refractivity contribution is -0.561. The molecule has 0 amide bonds. The van der Waals surface area contributed by atoms with Crippen LogP contribution in [0.2, 0.25) is 0 Å². The zero-order valence-electron chi connectivity index (χ0n) is 15.5. The van der Waals surface area contributed by atoms with E-state index in [1.165, 1.54) is 0 Å². The van der Waals surface area contributed by atoms with Gasteiger partial charge in [0.15, 0.2) is 0 Å². The first-order valence-electron chi connectivity index (χ1n) is 9.44. The minimum Gasteiger partial charge on any atom is -0.316 e. The maximum Gasteiger partial charge on any atom is 0.279 e. The SMILES string of the molecule is CCCn1ccc(-c2cc[n+]3c(c2)=NC=3c2ccnc3ccccc23)cc1=O. The quantitative estimate of drug-likeness (QED) is 0.521. The molecule has 0 unspecified atom stereocenters. The highest BCUT2D eigenvalue weighted by molar-refractivity contribution is 5.83. The van der Waals surface area contributed by atoms with E-state index in [1.54, 1.807) is 10.6 Å². The highest BCUT2D eigenvalue weighted by Gasteiger charge is 2.21. The fourth-order valence-electron chi connectivity index (χ4n) is 3.64. The molecule has 5 nitrogen and oxygen atoms in total. The molecule has 0 saturated carbocycles. The summed E-state index contributed by atoms with van der Waals surface area (Å²) in [5, 5.41) is 1.09. The van der Waals surface area contributed by atoms with Crippen molar-refractivity contribution in [2.75, 3.05) is 0 Å². The number of nitrogens with zero attached hydrogens (tertiary/aromatic N) is 4. The van der Waals surface area contributed by atoms with Crippen molar-refractivity contribution in [3.8, 4) is 11.1 Å². The number of rotatable bonds is 4. The van der Waals surface area contributed by atoms with Crippen molar-refractivity contribution in [1.82, 2.24) is 9.55 Å². The van der Waals surface area contributed by atoms with Gasteiger partial charge in [-0.25, -0.2) is 0 Å². The standard InChI is InChI=1S/C23H19N4O/c1-2-11-26-12-8-17(15-22(26)28)16-9-13-27-21(14-16)25-23(27)19-7-10-24-20-6-4-3-5-18(19)20/h3-10,12-15H,2,11H2,1H3/q+1. The largest absolute Gasteiger partial charge is 0.316 e. The minimum atomic E-state index is 0.0298. The summed E-state index contributed by atoms with van der Waals surface area (Å²) in [7, 11) is 0. The Morgan fingerprint density at radius 1 is 1.04 bits per heavy atom. The fourth-order valence-corrected chi connectivity index (χ4v) is 3.64. The topological polar surface area (TPSA) is 53.1 Å². The van der Waals surface area contributed by atoms with Gasteiger partial charge in [-0.3, -0.25) is 9.78 Å². The summed E-state index contributed by atoms with van der Waals surface area (Å²) in [6, 6.07) is 17.8. The zero-order valence-corrected chi connectivity index (χ0v) is 15.5. The molecule has 1 aromatic carbocycles. The molecule has 0 fully saturated rings. The normalized spacial score (nSPS) is 12.4. The summed E-state index contributed by atoms with van der Waals surface area (Å²) in [6.45, 7) is 2.81. The van der Waals surface area contributed by atoms with Gasteiger partial charge in [0, 0.05) is 36.5 Å². The zero-order chi connectivity index (χ0) is 19.1. The minimum absolute atomic E-state index is 0.0298. The lowest BCUT2D eigenvalue weighted by Gasteiger charge is -2.09. The molecule has 4 heterocycles. The van der Waals surface area contributed by atoms with Crippen LogP contribution in [0.25, 0.3) is 22.0 Å². The van der Waals surface area contributed by atoms with E-state index in [9.17, 15) is 4.79 Å². The Kier molecular flexibility index (Phi) is 3.86. The number of aromatic nitrogens is 3. The van der Waals surface area contributed by atoms with Gasteiger partial charge in [-0.05, 0) is 41.8 Å². The molecule has 0 aliphatic carbocycles. The second kappa shape index (κ2) is 6.53. The third-order valence-electron chi connectivity index (χ3n) is 5.07. The second-order valence-electron chi connectivity index (χ2n) is 6.90. The molecule has 28 heavy (non-hydrogen) atoms. The molecule has 0 saturated heterocycles. The molecular formula is C23H19N4O+. The number of para-hydroxylation sites is 1. The third-order valence-corrected chi connectivity index (χ3v) is 5.07. The molecule has 1 aliphatic rings. The summed E-state index contributed by atoms with van der Waals surface area (Å²) in [6.07, 6.45) is 6.64. The molecule has 136 valence electrons. The Morgan fingerprint density at radius 2 is 1.89 bits per heavy atom. The molecule has 5 rings (SSSR count). The lowest BCUT2D eigenvalue weighted by Crippen LogP contribution is -2.48. The lowest BCUT2D eigenvalue weighted by atomic mass is 10.1. The van der Waals surface area contributed by atoms with Gasteiger partial charge in [-0.1, -0.05) is 30.1 Å². The average Bonchev–Trinajstić information content (AvgIpc) is 2.71. The summed E-state index contributed by atoms with van der Waals surface area (Å²) in [4.78, 5) is 21.4. The first kappa shape index (κ1) is 16.6. The van der Waals surface area contributed by atoms with Crippen molar-refractivity contribution < 1.29 is 4.24 Å².